The minimum absolute atomic E-state index is 0.592. The van der Waals surface area contributed by atoms with E-state index in [4.69, 9.17) is 0 Å². The van der Waals surface area contributed by atoms with Crippen molar-refractivity contribution in [3.63, 3.8) is 0 Å². The molecule has 1 aromatic carbocycles. The fraction of sp³-hybridized carbons (Fsp3) is 0.0556. The molecule has 3 rings (SSSR count). The largest absolute Gasteiger partial charge is 0.618 e. The highest BCUT2D eigenvalue weighted by Crippen LogP contribution is 2.16. The maximum Gasteiger partial charge on any atom is 0.216 e. The number of aryl methyl sites for hydroxylation is 1. The van der Waals surface area contributed by atoms with Crippen molar-refractivity contribution in [1.29, 1.82) is 0 Å². The molecule has 0 saturated carbocycles. The molecule has 22 heavy (non-hydrogen) atoms. The molecule has 108 valence electrons. The van der Waals surface area contributed by atoms with Crippen molar-refractivity contribution >= 4 is 11.9 Å². The third-order valence-electron chi connectivity index (χ3n) is 3.24. The first kappa shape index (κ1) is 13.9. The first-order valence-corrected chi connectivity index (χ1v) is 6.98. The molecular weight excluding hydrogens is 274 g/mol. The van der Waals surface area contributed by atoms with Gasteiger partial charge in [0.1, 0.15) is 0 Å². The number of hydrogen-bond acceptors (Lipinski definition) is 3. The smallest absolute Gasteiger partial charge is 0.216 e. The van der Waals surface area contributed by atoms with Crippen molar-refractivity contribution in [2.24, 2.45) is 0 Å². The van der Waals surface area contributed by atoms with Gasteiger partial charge in [0.25, 0.3) is 0 Å². The SMILES string of the molecule is Cc1ccnc(-c2cc(/C=[N+](\[O-])c3ccccc3)ccn2)c1. The van der Waals surface area contributed by atoms with Gasteiger partial charge in [-0.3, -0.25) is 9.97 Å². The third kappa shape index (κ3) is 3.17. The second-order valence-corrected chi connectivity index (χ2v) is 4.98. The van der Waals surface area contributed by atoms with Crippen LogP contribution in [0, 0.1) is 12.1 Å². The third-order valence-corrected chi connectivity index (χ3v) is 3.24. The van der Waals surface area contributed by atoms with E-state index in [2.05, 4.69) is 9.97 Å². The highest BCUT2D eigenvalue weighted by molar-refractivity contribution is 5.78. The van der Waals surface area contributed by atoms with E-state index >= 15 is 0 Å². The van der Waals surface area contributed by atoms with Gasteiger partial charge in [0.15, 0.2) is 6.21 Å². The van der Waals surface area contributed by atoms with Crippen molar-refractivity contribution in [1.82, 2.24) is 9.97 Å². The molecule has 0 fully saturated rings. The van der Waals surface area contributed by atoms with Crippen LogP contribution in [0.25, 0.3) is 11.4 Å². The van der Waals surface area contributed by atoms with E-state index in [-0.39, 0.29) is 0 Å². The molecule has 0 spiro atoms. The van der Waals surface area contributed by atoms with Gasteiger partial charge in [-0.2, -0.15) is 4.74 Å². The number of aromatic nitrogens is 2. The van der Waals surface area contributed by atoms with Crippen LogP contribution in [0.2, 0.25) is 0 Å². The number of rotatable bonds is 3. The summed E-state index contributed by atoms with van der Waals surface area (Å²) in [6.07, 6.45) is 4.98. The Kier molecular flexibility index (Phi) is 3.92. The zero-order valence-electron chi connectivity index (χ0n) is 12.2. The topological polar surface area (TPSA) is 51.9 Å². The minimum atomic E-state index is 0.592. The molecule has 0 N–H and O–H groups in total. The maximum atomic E-state index is 12.1. The zero-order chi connectivity index (χ0) is 15.4. The van der Waals surface area contributed by atoms with E-state index in [1.54, 1.807) is 30.6 Å². The van der Waals surface area contributed by atoms with E-state index in [0.717, 1.165) is 27.3 Å². The Morgan fingerprint density at radius 2 is 1.59 bits per heavy atom. The molecule has 2 heterocycles. The van der Waals surface area contributed by atoms with E-state index in [1.165, 1.54) is 6.21 Å². The number of pyridine rings is 2. The fourth-order valence-corrected chi connectivity index (χ4v) is 2.13. The Balaban J connectivity index is 1.95. The quantitative estimate of drug-likeness (QED) is 0.319. The maximum absolute atomic E-state index is 12.1. The molecule has 0 saturated heterocycles. The molecular formula is C18H15N3O. The number of hydrogen-bond donors (Lipinski definition) is 0. The summed E-state index contributed by atoms with van der Waals surface area (Å²) < 4.78 is 0.850. The van der Waals surface area contributed by atoms with Gasteiger partial charge in [-0.05, 0) is 36.8 Å². The van der Waals surface area contributed by atoms with Gasteiger partial charge in [0, 0.05) is 30.1 Å². The first-order valence-electron chi connectivity index (χ1n) is 6.98. The van der Waals surface area contributed by atoms with Gasteiger partial charge in [-0.1, -0.05) is 18.2 Å². The summed E-state index contributed by atoms with van der Waals surface area (Å²) in [5.74, 6) is 0. The monoisotopic (exact) mass is 289 g/mol. The fourth-order valence-electron chi connectivity index (χ4n) is 2.13. The van der Waals surface area contributed by atoms with Crippen molar-refractivity contribution in [2.75, 3.05) is 0 Å². The molecule has 0 amide bonds. The molecule has 0 atom stereocenters. The summed E-state index contributed by atoms with van der Waals surface area (Å²) >= 11 is 0. The highest BCUT2D eigenvalue weighted by Gasteiger charge is 2.05. The predicted molar refractivity (Wildman–Crippen MR) is 87.1 cm³/mol. The van der Waals surface area contributed by atoms with Crippen LogP contribution in [-0.2, 0) is 0 Å². The summed E-state index contributed by atoms with van der Waals surface area (Å²) in [5, 5.41) is 12.1. The van der Waals surface area contributed by atoms with Crippen LogP contribution in [0.15, 0.2) is 67.0 Å². The van der Waals surface area contributed by atoms with Gasteiger partial charge in [-0.25, -0.2) is 0 Å². The normalized spacial score (nSPS) is 11.4. The molecule has 2 aromatic heterocycles. The van der Waals surface area contributed by atoms with E-state index < -0.39 is 0 Å². The molecule has 0 aliphatic rings. The molecule has 4 heteroatoms. The second kappa shape index (κ2) is 6.18. The minimum Gasteiger partial charge on any atom is -0.618 e. The summed E-state index contributed by atoms with van der Waals surface area (Å²) in [7, 11) is 0. The lowest BCUT2D eigenvalue weighted by molar-refractivity contribution is -0.354. The lowest BCUT2D eigenvalue weighted by Crippen LogP contribution is -1.99. The predicted octanol–water partition coefficient (Wildman–Crippen LogP) is 3.71. The van der Waals surface area contributed by atoms with Gasteiger partial charge in [0.2, 0.25) is 5.69 Å². The van der Waals surface area contributed by atoms with Crippen LogP contribution in [-0.4, -0.2) is 20.9 Å². The Morgan fingerprint density at radius 3 is 2.32 bits per heavy atom. The summed E-state index contributed by atoms with van der Waals surface area (Å²) in [5.41, 5.74) is 4.05. The van der Waals surface area contributed by atoms with Gasteiger partial charge >= 0.3 is 0 Å². The first-order chi connectivity index (χ1) is 10.7. The lowest BCUT2D eigenvalue weighted by Gasteiger charge is -2.04. The van der Waals surface area contributed by atoms with Crippen molar-refractivity contribution in [3.8, 4) is 11.4 Å². The van der Waals surface area contributed by atoms with Crippen LogP contribution in [0.4, 0.5) is 5.69 Å². The van der Waals surface area contributed by atoms with E-state index in [9.17, 15) is 5.21 Å². The van der Waals surface area contributed by atoms with Gasteiger partial charge in [0.05, 0.1) is 11.4 Å². The van der Waals surface area contributed by atoms with Crippen LogP contribution in [0.3, 0.4) is 0 Å². The number of para-hydroxylation sites is 1. The molecule has 0 bridgehead atoms. The highest BCUT2D eigenvalue weighted by atomic mass is 16.5. The second-order valence-electron chi connectivity index (χ2n) is 4.98. The molecule has 3 aromatic rings. The van der Waals surface area contributed by atoms with Crippen molar-refractivity contribution in [2.45, 2.75) is 6.92 Å². The molecule has 0 aliphatic heterocycles. The van der Waals surface area contributed by atoms with Gasteiger partial charge in [-0.15, -0.1) is 0 Å². The Bertz CT molecular complexity index is 813. The molecule has 0 aliphatic carbocycles. The van der Waals surface area contributed by atoms with E-state index in [0.29, 0.717) is 5.69 Å². The summed E-state index contributed by atoms with van der Waals surface area (Å²) in [6, 6.07) is 16.7. The standard InChI is InChI=1S/C18H15N3O/c1-14-7-9-19-17(11-14)18-12-15(8-10-20-18)13-21(22)16-5-3-2-4-6-16/h2-13H,1H3/b21-13-. The van der Waals surface area contributed by atoms with E-state index in [1.807, 2.05) is 43.3 Å². The Labute approximate surface area is 129 Å². The zero-order valence-corrected chi connectivity index (χ0v) is 12.2. The average Bonchev–Trinajstić information content (AvgIpc) is 2.56. The molecule has 4 nitrogen and oxygen atoms in total. The van der Waals surface area contributed by atoms with Crippen LogP contribution in [0.5, 0.6) is 0 Å². The lowest BCUT2D eigenvalue weighted by atomic mass is 10.1. The number of nitrogens with zero attached hydrogens (tertiary/aromatic N) is 3. The van der Waals surface area contributed by atoms with Crippen LogP contribution >= 0.6 is 0 Å². The Hall–Kier alpha value is -3.01. The van der Waals surface area contributed by atoms with Gasteiger partial charge < -0.3 is 5.21 Å². The van der Waals surface area contributed by atoms with Crippen LogP contribution in [0.1, 0.15) is 11.1 Å². The number of benzene rings is 1. The molecule has 0 radical (unpaired) electrons. The van der Waals surface area contributed by atoms with Crippen molar-refractivity contribution < 1.29 is 4.74 Å². The molecule has 0 unspecified atom stereocenters. The van der Waals surface area contributed by atoms with Crippen LogP contribution < -0.4 is 0 Å². The van der Waals surface area contributed by atoms with Crippen molar-refractivity contribution in [3.05, 3.63) is 83.3 Å². The Morgan fingerprint density at radius 1 is 0.909 bits per heavy atom. The average molecular weight is 289 g/mol. The summed E-state index contributed by atoms with van der Waals surface area (Å²) in [6.45, 7) is 2.01. The summed E-state index contributed by atoms with van der Waals surface area (Å²) in [4.78, 5) is 8.65.